The van der Waals surface area contributed by atoms with E-state index in [0.717, 1.165) is 27.8 Å². The standard InChI is InChI=1S/C18H20N2O2.C2H2O4/c19-9-14(11-21)17-10-20-18-7-6-15(8-16(17)18)22-12-13-4-2-1-3-5-13;3-1(4)2(5)6/h1-8,10,14,20-21H,9,11-12,19H2;(H,3,4)(H,5,6). The topological polar surface area (TPSA) is 146 Å². The second-order valence-corrected chi connectivity index (χ2v) is 5.95. The molecule has 0 bridgehead atoms. The highest BCUT2D eigenvalue weighted by atomic mass is 16.5. The Morgan fingerprint density at radius 1 is 1.07 bits per heavy atom. The SMILES string of the molecule is NCC(CO)c1c[nH]c2ccc(OCc3ccccc3)cc12.O=C(O)C(=O)O. The number of aliphatic carboxylic acids is 2. The molecule has 1 unspecified atom stereocenters. The molecule has 0 spiro atoms. The second-order valence-electron chi connectivity index (χ2n) is 5.95. The predicted molar refractivity (Wildman–Crippen MR) is 103 cm³/mol. The van der Waals surface area contributed by atoms with Crippen molar-refractivity contribution < 1.29 is 29.6 Å². The maximum atomic E-state index is 9.45. The van der Waals surface area contributed by atoms with Crippen LogP contribution < -0.4 is 10.5 Å². The van der Waals surface area contributed by atoms with Crippen molar-refractivity contribution in [1.29, 1.82) is 0 Å². The molecule has 3 aromatic rings. The summed E-state index contributed by atoms with van der Waals surface area (Å²) >= 11 is 0. The van der Waals surface area contributed by atoms with Crippen LogP contribution in [0, 0.1) is 0 Å². The summed E-state index contributed by atoms with van der Waals surface area (Å²) in [6.45, 7) is 0.990. The number of carboxylic acid groups (broad SMARTS) is 2. The van der Waals surface area contributed by atoms with Crippen molar-refractivity contribution in [2.45, 2.75) is 12.5 Å². The number of rotatable bonds is 6. The molecule has 3 rings (SSSR count). The van der Waals surface area contributed by atoms with Gasteiger partial charge in [-0.05, 0) is 29.3 Å². The molecular weight excluding hydrogens is 364 g/mol. The highest BCUT2D eigenvalue weighted by molar-refractivity contribution is 6.27. The predicted octanol–water partition coefficient (Wildman–Crippen LogP) is 1.94. The van der Waals surface area contributed by atoms with E-state index in [0.29, 0.717) is 13.2 Å². The zero-order chi connectivity index (χ0) is 20.5. The number of H-pyrrole nitrogens is 1. The molecule has 8 heteroatoms. The lowest BCUT2D eigenvalue weighted by Gasteiger charge is -2.11. The number of nitrogens with two attached hydrogens (primary N) is 1. The van der Waals surface area contributed by atoms with E-state index in [1.165, 1.54) is 0 Å². The number of fused-ring (bicyclic) bond motifs is 1. The number of hydrogen-bond acceptors (Lipinski definition) is 5. The zero-order valence-corrected chi connectivity index (χ0v) is 15.0. The number of aliphatic hydroxyl groups excluding tert-OH is 1. The van der Waals surface area contributed by atoms with Gasteiger partial charge in [-0.1, -0.05) is 30.3 Å². The van der Waals surface area contributed by atoms with Crippen LogP contribution in [-0.2, 0) is 16.2 Å². The van der Waals surface area contributed by atoms with Gasteiger partial charge in [-0.2, -0.15) is 0 Å². The number of benzene rings is 2. The Morgan fingerprint density at radius 2 is 1.75 bits per heavy atom. The minimum absolute atomic E-state index is 0.0402. The Kier molecular flexibility index (Phi) is 7.55. The van der Waals surface area contributed by atoms with Gasteiger partial charge in [0.2, 0.25) is 0 Å². The van der Waals surface area contributed by atoms with Gasteiger partial charge in [-0.25, -0.2) is 9.59 Å². The molecule has 1 atom stereocenters. The van der Waals surface area contributed by atoms with E-state index in [2.05, 4.69) is 4.98 Å². The number of carboxylic acids is 2. The van der Waals surface area contributed by atoms with Gasteiger partial charge in [0, 0.05) is 29.6 Å². The van der Waals surface area contributed by atoms with Gasteiger partial charge in [-0.15, -0.1) is 0 Å². The van der Waals surface area contributed by atoms with Crippen LogP contribution in [0.25, 0.3) is 10.9 Å². The van der Waals surface area contributed by atoms with Crippen LogP contribution in [-0.4, -0.2) is 45.4 Å². The third-order valence-corrected chi connectivity index (χ3v) is 4.06. The molecule has 0 radical (unpaired) electrons. The van der Waals surface area contributed by atoms with Crippen molar-refractivity contribution in [2.75, 3.05) is 13.2 Å². The number of aromatic amines is 1. The molecular formula is C20H22N2O6. The van der Waals surface area contributed by atoms with E-state index >= 15 is 0 Å². The Labute approximate surface area is 161 Å². The summed E-state index contributed by atoms with van der Waals surface area (Å²) in [5.41, 5.74) is 8.92. The van der Waals surface area contributed by atoms with Crippen molar-refractivity contribution >= 4 is 22.8 Å². The molecule has 0 aliphatic heterocycles. The molecule has 2 aromatic carbocycles. The van der Waals surface area contributed by atoms with E-state index in [1.807, 2.05) is 54.7 Å². The van der Waals surface area contributed by atoms with Gasteiger partial charge >= 0.3 is 11.9 Å². The molecule has 1 heterocycles. The van der Waals surface area contributed by atoms with Crippen LogP contribution in [0.15, 0.2) is 54.7 Å². The normalized spacial score (nSPS) is 11.4. The number of carbonyl (C=O) groups is 2. The van der Waals surface area contributed by atoms with Crippen molar-refractivity contribution in [3.63, 3.8) is 0 Å². The van der Waals surface area contributed by atoms with Gasteiger partial charge in [0.15, 0.2) is 0 Å². The van der Waals surface area contributed by atoms with Crippen LogP contribution in [0.5, 0.6) is 5.75 Å². The molecule has 1 aromatic heterocycles. The van der Waals surface area contributed by atoms with E-state index in [9.17, 15) is 5.11 Å². The first-order valence-corrected chi connectivity index (χ1v) is 8.51. The third kappa shape index (κ3) is 5.57. The Morgan fingerprint density at radius 3 is 2.32 bits per heavy atom. The van der Waals surface area contributed by atoms with E-state index in [4.69, 9.17) is 30.3 Å². The highest BCUT2D eigenvalue weighted by Gasteiger charge is 2.14. The van der Waals surface area contributed by atoms with E-state index < -0.39 is 11.9 Å². The van der Waals surface area contributed by atoms with Crippen molar-refractivity contribution in [1.82, 2.24) is 4.98 Å². The molecule has 6 N–H and O–H groups in total. The summed E-state index contributed by atoms with van der Waals surface area (Å²) in [7, 11) is 0. The number of aromatic nitrogens is 1. The summed E-state index contributed by atoms with van der Waals surface area (Å²) in [4.78, 5) is 21.4. The first-order chi connectivity index (χ1) is 13.5. The van der Waals surface area contributed by atoms with Crippen LogP contribution in [0.2, 0.25) is 0 Å². The fourth-order valence-electron chi connectivity index (χ4n) is 2.59. The van der Waals surface area contributed by atoms with Gasteiger partial charge in [0.05, 0.1) is 6.61 Å². The van der Waals surface area contributed by atoms with Gasteiger partial charge in [-0.3, -0.25) is 0 Å². The average Bonchev–Trinajstić information content (AvgIpc) is 3.12. The maximum absolute atomic E-state index is 9.45. The average molecular weight is 386 g/mol. The first kappa shape index (κ1) is 20.9. The first-order valence-electron chi connectivity index (χ1n) is 8.51. The van der Waals surface area contributed by atoms with E-state index in [-0.39, 0.29) is 12.5 Å². The lowest BCUT2D eigenvalue weighted by Crippen LogP contribution is -2.15. The molecule has 0 saturated carbocycles. The summed E-state index contributed by atoms with van der Waals surface area (Å²) in [5.74, 6) is -2.89. The minimum atomic E-state index is -1.82. The molecule has 0 fully saturated rings. The smallest absolute Gasteiger partial charge is 0.414 e. The minimum Gasteiger partial charge on any atom is -0.489 e. The zero-order valence-electron chi connectivity index (χ0n) is 15.0. The highest BCUT2D eigenvalue weighted by Crippen LogP contribution is 2.28. The lowest BCUT2D eigenvalue weighted by molar-refractivity contribution is -0.159. The summed E-state index contributed by atoms with van der Waals surface area (Å²) in [6.07, 6.45) is 1.92. The maximum Gasteiger partial charge on any atom is 0.414 e. The van der Waals surface area contributed by atoms with Gasteiger partial charge in [0.25, 0.3) is 0 Å². The monoisotopic (exact) mass is 386 g/mol. The molecule has 148 valence electrons. The second kappa shape index (κ2) is 10.1. The summed E-state index contributed by atoms with van der Waals surface area (Å²) in [6, 6.07) is 16.0. The fraction of sp³-hybridized carbons (Fsp3) is 0.200. The Bertz CT molecular complexity index is 907. The van der Waals surface area contributed by atoms with Crippen LogP contribution in [0.4, 0.5) is 0 Å². The third-order valence-electron chi connectivity index (χ3n) is 4.06. The van der Waals surface area contributed by atoms with Crippen molar-refractivity contribution in [3.8, 4) is 5.75 Å². The number of aliphatic hydroxyl groups is 1. The Balaban J connectivity index is 0.000000409. The van der Waals surface area contributed by atoms with Crippen molar-refractivity contribution in [3.05, 3.63) is 65.9 Å². The van der Waals surface area contributed by atoms with Gasteiger partial charge < -0.3 is 30.8 Å². The lowest BCUT2D eigenvalue weighted by atomic mass is 9.99. The van der Waals surface area contributed by atoms with Crippen LogP contribution >= 0.6 is 0 Å². The number of hydrogen-bond donors (Lipinski definition) is 5. The number of ether oxygens (including phenoxy) is 1. The quantitative estimate of drug-likeness (QED) is 0.407. The van der Waals surface area contributed by atoms with Crippen LogP contribution in [0.3, 0.4) is 0 Å². The fourth-order valence-corrected chi connectivity index (χ4v) is 2.59. The largest absolute Gasteiger partial charge is 0.489 e. The van der Waals surface area contributed by atoms with Crippen molar-refractivity contribution in [2.24, 2.45) is 5.73 Å². The summed E-state index contributed by atoms with van der Waals surface area (Å²) in [5, 5.41) is 25.3. The molecule has 0 aliphatic rings. The van der Waals surface area contributed by atoms with E-state index in [1.54, 1.807) is 0 Å². The molecule has 0 amide bonds. The molecule has 8 nitrogen and oxygen atoms in total. The molecule has 0 aliphatic carbocycles. The van der Waals surface area contributed by atoms with Crippen LogP contribution in [0.1, 0.15) is 17.0 Å². The number of nitrogens with one attached hydrogen (secondary N) is 1. The summed E-state index contributed by atoms with van der Waals surface area (Å²) < 4.78 is 5.86. The van der Waals surface area contributed by atoms with Gasteiger partial charge in [0.1, 0.15) is 12.4 Å². The molecule has 0 saturated heterocycles. The molecule has 28 heavy (non-hydrogen) atoms. The Hall–Kier alpha value is -3.36.